The van der Waals surface area contributed by atoms with Gasteiger partial charge in [-0.3, -0.25) is 0 Å². The van der Waals surface area contributed by atoms with Crippen molar-refractivity contribution in [3.05, 3.63) is 0 Å². The van der Waals surface area contributed by atoms with Crippen LogP contribution in [0.1, 0.15) is 0 Å². The number of aromatic amines is 1. The number of hydrogen-bond acceptors (Lipinski definition) is 8. The van der Waals surface area contributed by atoms with E-state index >= 15 is 0 Å². The Labute approximate surface area is 161 Å². The molecule has 182 valence electrons. The van der Waals surface area contributed by atoms with Gasteiger partial charge in [-0.15, -0.1) is 5.10 Å². The van der Waals surface area contributed by atoms with Gasteiger partial charge in [0.05, 0.1) is 0 Å². The third-order valence-corrected chi connectivity index (χ3v) is 4.72. The molecule has 1 rings (SSSR count). The quantitative estimate of drug-likeness (QED) is 0.439. The van der Waals surface area contributed by atoms with Gasteiger partial charge in [-0.2, -0.15) is 74.5 Å². The van der Waals surface area contributed by atoms with Crippen molar-refractivity contribution < 1.29 is 77.9 Å². The van der Waals surface area contributed by atoms with Crippen molar-refractivity contribution in [1.29, 1.82) is 0 Å². The van der Waals surface area contributed by atoms with Crippen molar-refractivity contribution >= 4 is 20.2 Å². The fraction of sp³-hybridized carbons (Fsp3) is 0.750. The van der Waals surface area contributed by atoms with Crippen molar-refractivity contribution in [3.8, 4) is 0 Å². The lowest BCUT2D eigenvalue weighted by atomic mass is 10.3. The minimum Gasteiger partial charge on any atom is -0.247 e. The molecule has 0 atom stereocenters. The molecule has 0 spiro atoms. The molecule has 23 heteroatoms. The van der Waals surface area contributed by atoms with Crippen LogP contribution < -0.4 is 0 Å². The molecule has 0 saturated heterocycles. The number of nitrogens with zero attached hydrogens (tertiary/aromatic N) is 2. The Bertz CT molecular complexity index is 883. The van der Waals surface area contributed by atoms with Crippen LogP contribution in [-0.2, 0) is 28.6 Å². The Morgan fingerprint density at radius 2 is 0.968 bits per heavy atom. The van der Waals surface area contributed by atoms with Crippen molar-refractivity contribution in [1.82, 2.24) is 15.2 Å². The fourth-order valence-corrected chi connectivity index (χ4v) is 3.28. The summed E-state index contributed by atoms with van der Waals surface area (Å²) in [5, 5.41) is -1.38. The van der Waals surface area contributed by atoms with E-state index in [4.69, 9.17) is 0 Å². The minimum absolute atomic E-state index is 0.881. The number of alkyl halides is 12. The highest BCUT2D eigenvalue weighted by Crippen LogP contribution is 2.38. The summed E-state index contributed by atoms with van der Waals surface area (Å²) >= 11 is 0. The highest BCUT2D eigenvalue weighted by Gasteiger charge is 2.62. The van der Waals surface area contributed by atoms with E-state index in [1.54, 1.807) is 0 Å². The van der Waals surface area contributed by atoms with Gasteiger partial charge in [0.25, 0.3) is 22.5 Å². The molecule has 0 fully saturated rings. The van der Waals surface area contributed by atoms with Crippen LogP contribution in [0.15, 0.2) is 10.3 Å². The summed E-state index contributed by atoms with van der Waals surface area (Å²) in [6, 6.07) is 0. The van der Waals surface area contributed by atoms with Gasteiger partial charge in [-0.05, 0) is 0 Å². The van der Waals surface area contributed by atoms with Gasteiger partial charge in [-0.25, -0.2) is 13.5 Å². The SMILES string of the molecule is O=S(=O)(OC(C(F)(F)F)C(F)(F)F)c1n[nH]c(S(=O)(=O)OC(C(F)(F)F)C(F)(F)F)n1. The van der Waals surface area contributed by atoms with Gasteiger partial charge in [0.2, 0.25) is 0 Å². The molecule has 0 saturated carbocycles. The molecule has 0 aliphatic heterocycles. The van der Waals surface area contributed by atoms with E-state index in [-0.39, 0.29) is 0 Å². The van der Waals surface area contributed by atoms with E-state index in [1.165, 1.54) is 0 Å². The van der Waals surface area contributed by atoms with E-state index in [2.05, 4.69) is 18.4 Å². The molecular formula is C8H3F12N3O6S2. The maximum absolute atomic E-state index is 12.3. The van der Waals surface area contributed by atoms with Gasteiger partial charge < -0.3 is 0 Å². The lowest BCUT2D eigenvalue weighted by molar-refractivity contribution is -0.300. The van der Waals surface area contributed by atoms with Crippen LogP contribution in [-0.4, -0.2) is 68.9 Å². The Morgan fingerprint density at radius 1 is 0.645 bits per heavy atom. The molecule has 0 amide bonds. The van der Waals surface area contributed by atoms with E-state index in [1.807, 2.05) is 0 Å². The van der Waals surface area contributed by atoms with Gasteiger partial charge in [0.1, 0.15) is 0 Å². The smallest absolute Gasteiger partial charge is 0.247 e. The predicted molar refractivity (Wildman–Crippen MR) is 64.7 cm³/mol. The van der Waals surface area contributed by atoms with E-state index in [0.717, 1.165) is 5.10 Å². The molecule has 1 heterocycles. The monoisotopic (exact) mass is 529 g/mol. The normalized spacial score (nSPS) is 15.2. The third-order valence-electron chi connectivity index (χ3n) is 2.54. The summed E-state index contributed by atoms with van der Waals surface area (Å²) in [4.78, 5) is 2.23. The zero-order valence-corrected chi connectivity index (χ0v) is 15.0. The Balaban J connectivity index is 3.30. The van der Waals surface area contributed by atoms with Crippen LogP contribution in [0.5, 0.6) is 0 Å². The van der Waals surface area contributed by atoms with Crippen molar-refractivity contribution in [3.63, 3.8) is 0 Å². The predicted octanol–water partition coefficient (Wildman–Crippen LogP) is 2.20. The molecule has 0 aliphatic carbocycles. The largest absolute Gasteiger partial charge is 0.425 e. The summed E-state index contributed by atoms with van der Waals surface area (Å²) in [6.45, 7) is 0. The maximum atomic E-state index is 12.3. The molecule has 9 nitrogen and oxygen atoms in total. The fourth-order valence-electron chi connectivity index (χ4n) is 1.39. The standard InChI is InChI=1S/C8H3F12N3O6S2/c9-5(10,11)1(6(12,13)14)28-30(24,25)3-21-4(23-22-3)31(26,27)29-2(7(15,16)17)8(18,19)20/h1-2H,(H,21,22,23). The molecule has 0 radical (unpaired) electrons. The van der Waals surface area contributed by atoms with Crippen molar-refractivity contribution in [2.45, 2.75) is 47.2 Å². The molecule has 1 aromatic heterocycles. The summed E-state index contributed by atoms with van der Waals surface area (Å²) in [7, 11) is -12.6. The van der Waals surface area contributed by atoms with Crippen LogP contribution in [0.25, 0.3) is 0 Å². The first-order chi connectivity index (χ1) is 13.4. The number of nitrogens with one attached hydrogen (secondary N) is 1. The minimum atomic E-state index is -6.38. The molecule has 31 heavy (non-hydrogen) atoms. The second-order valence-electron chi connectivity index (χ2n) is 4.95. The summed E-state index contributed by atoms with van der Waals surface area (Å²) in [5.41, 5.74) is 0. The second-order valence-corrected chi connectivity index (χ2v) is 7.90. The van der Waals surface area contributed by atoms with Crippen LogP contribution >= 0.6 is 0 Å². The van der Waals surface area contributed by atoms with Gasteiger partial charge in [0, 0.05) is 0 Å². The average molecular weight is 529 g/mol. The molecular weight excluding hydrogens is 526 g/mol. The Hall–Kier alpha value is -1.88. The van der Waals surface area contributed by atoms with Crippen LogP contribution in [0.2, 0.25) is 0 Å². The summed E-state index contributed by atoms with van der Waals surface area (Å²) in [6.07, 6.45) is -35.5. The maximum Gasteiger partial charge on any atom is 0.425 e. The molecule has 0 bridgehead atoms. The topological polar surface area (TPSA) is 128 Å². The van der Waals surface area contributed by atoms with E-state index in [0.29, 0.717) is 0 Å². The highest BCUT2D eigenvalue weighted by atomic mass is 32.2. The van der Waals surface area contributed by atoms with Gasteiger partial charge in [-0.1, -0.05) is 0 Å². The number of hydrogen-bond donors (Lipinski definition) is 1. The molecule has 1 N–H and O–H groups in total. The molecule has 1 aromatic rings. The number of halogens is 12. The summed E-state index contributed by atoms with van der Waals surface area (Å²) < 4.78 is 200. The molecule has 0 aromatic carbocycles. The van der Waals surface area contributed by atoms with Crippen molar-refractivity contribution in [2.75, 3.05) is 0 Å². The number of rotatable bonds is 6. The third kappa shape index (κ3) is 6.80. The van der Waals surface area contributed by atoms with Crippen molar-refractivity contribution in [2.24, 2.45) is 0 Å². The second kappa shape index (κ2) is 7.91. The van der Waals surface area contributed by atoms with Gasteiger partial charge >= 0.3 is 44.9 Å². The molecule has 0 unspecified atom stereocenters. The van der Waals surface area contributed by atoms with Crippen LogP contribution in [0.4, 0.5) is 52.7 Å². The molecule has 0 aliphatic rings. The first-order valence-corrected chi connectivity index (χ1v) is 9.26. The van der Waals surface area contributed by atoms with Crippen LogP contribution in [0.3, 0.4) is 0 Å². The van der Waals surface area contributed by atoms with E-state index < -0.39 is 67.5 Å². The highest BCUT2D eigenvalue weighted by molar-refractivity contribution is 7.87. The zero-order chi connectivity index (χ0) is 24.8. The summed E-state index contributed by atoms with van der Waals surface area (Å²) in [5.74, 6) is 0. The van der Waals surface area contributed by atoms with E-state index in [9.17, 15) is 69.5 Å². The Kier molecular flexibility index (Phi) is 6.93. The Morgan fingerprint density at radius 3 is 1.29 bits per heavy atom. The average Bonchev–Trinajstić information content (AvgIpc) is 2.98. The first kappa shape index (κ1) is 27.2. The van der Waals surface area contributed by atoms with Gasteiger partial charge in [0.15, 0.2) is 0 Å². The lowest BCUT2D eigenvalue weighted by Gasteiger charge is -2.21. The number of aromatic nitrogens is 3. The zero-order valence-electron chi connectivity index (χ0n) is 13.4. The lowest BCUT2D eigenvalue weighted by Crippen LogP contribution is -2.45. The number of H-pyrrole nitrogens is 1. The first-order valence-electron chi connectivity index (χ1n) is 6.45. The van der Waals surface area contributed by atoms with Crippen LogP contribution in [0, 0.1) is 0 Å².